The summed E-state index contributed by atoms with van der Waals surface area (Å²) in [5.41, 5.74) is 3.50. The zero-order valence-electron chi connectivity index (χ0n) is 18.9. The van der Waals surface area contributed by atoms with Crippen LogP contribution in [-0.4, -0.2) is 46.0 Å². The van der Waals surface area contributed by atoms with Gasteiger partial charge in [0.25, 0.3) is 5.91 Å². The second-order valence-corrected chi connectivity index (χ2v) is 8.59. The van der Waals surface area contributed by atoms with Crippen LogP contribution in [0.4, 0.5) is 5.69 Å². The number of carbonyl (C=O) groups is 2. The number of aromatic nitrogens is 2. The fourth-order valence-electron chi connectivity index (χ4n) is 3.89. The molecule has 1 saturated heterocycles. The third-order valence-corrected chi connectivity index (χ3v) is 6.04. The lowest BCUT2D eigenvalue weighted by Crippen LogP contribution is -2.42. The molecule has 1 aromatic heterocycles. The van der Waals surface area contributed by atoms with Crippen LogP contribution in [0.25, 0.3) is 11.1 Å². The number of rotatable bonds is 5. The summed E-state index contributed by atoms with van der Waals surface area (Å²) in [5.74, 6) is 0.514. The smallest absolute Gasteiger partial charge is 0.272 e. The summed E-state index contributed by atoms with van der Waals surface area (Å²) in [5, 5.41) is 0. The van der Waals surface area contributed by atoms with E-state index in [9.17, 15) is 9.59 Å². The molecule has 0 radical (unpaired) electrons. The quantitative estimate of drug-likeness (QED) is 0.535. The molecular weight excluding hydrogens is 402 g/mol. The van der Waals surface area contributed by atoms with Crippen molar-refractivity contribution in [1.29, 1.82) is 0 Å². The Bertz CT molecular complexity index is 1160. The average Bonchev–Trinajstić information content (AvgIpc) is 2.93. The first-order chi connectivity index (χ1) is 15.2. The second kappa shape index (κ2) is 8.15. The molecule has 1 aromatic carbocycles. The summed E-state index contributed by atoms with van der Waals surface area (Å²) in [7, 11) is 0. The van der Waals surface area contributed by atoms with Gasteiger partial charge in [0.1, 0.15) is 11.5 Å². The Morgan fingerprint density at radius 3 is 2.47 bits per heavy atom. The average molecular weight is 430 g/mol. The number of aryl methyl sites for hydroxylation is 1. The van der Waals surface area contributed by atoms with Crippen LogP contribution >= 0.6 is 0 Å². The molecule has 0 spiro atoms. The van der Waals surface area contributed by atoms with Crippen molar-refractivity contribution in [2.24, 2.45) is 4.99 Å². The number of carbonyl (C=O) groups excluding carboxylic acids is 2. The Morgan fingerprint density at radius 2 is 1.88 bits per heavy atom. The Balaban J connectivity index is 1.66. The molecule has 0 bridgehead atoms. The highest BCUT2D eigenvalue weighted by Crippen LogP contribution is 2.44. The molecule has 164 valence electrons. The molecule has 0 aliphatic carbocycles. The summed E-state index contributed by atoms with van der Waals surface area (Å²) in [4.78, 5) is 42.1. The van der Waals surface area contributed by atoms with Gasteiger partial charge in [0.05, 0.1) is 23.0 Å². The summed E-state index contributed by atoms with van der Waals surface area (Å²) in [6.45, 7) is 13.0. The van der Waals surface area contributed by atoms with Crippen LogP contribution in [0.2, 0.25) is 0 Å². The third kappa shape index (κ3) is 3.64. The van der Waals surface area contributed by atoms with Crippen molar-refractivity contribution in [3.8, 4) is 11.1 Å². The van der Waals surface area contributed by atoms with Crippen molar-refractivity contribution in [1.82, 2.24) is 14.9 Å². The molecule has 4 rings (SSSR count). The molecule has 3 heterocycles. The predicted octanol–water partition coefficient (Wildman–Crippen LogP) is 3.80. The van der Waals surface area contributed by atoms with Crippen molar-refractivity contribution in [3.63, 3.8) is 0 Å². The van der Waals surface area contributed by atoms with Crippen LogP contribution in [0.5, 0.6) is 0 Å². The fraction of sp³-hybridized carbons (Fsp3) is 0.320. The maximum atomic E-state index is 13.3. The first kappa shape index (κ1) is 21.6. The molecule has 7 heteroatoms. The van der Waals surface area contributed by atoms with Crippen LogP contribution in [-0.2, 0) is 15.0 Å². The van der Waals surface area contributed by atoms with Crippen molar-refractivity contribution in [2.45, 2.75) is 39.5 Å². The van der Waals surface area contributed by atoms with Crippen LogP contribution in [0.3, 0.4) is 0 Å². The molecule has 2 amide bonds. The third-order valence-electron chi connectivity index (χ3n) is 6.04. The lowest BCUT2D eigenvalue weighted by Gasteiger charge is -2.30. The van der Waals surface area contributed by atoms with Gasteiger partial charge >= 0.3 is 0 Å². The summed E-state index contributed by atoms with van der Waals surface area (Å²) in [6, 6.07) is 5.90. The first-order valence-electron chi connectivity index (χ1n) is 10.7. The molecule has 32 heavy (non-hydrogen) atoms. The highest BCUT2D eigenvalue weighted by atomic mass is 16.2. The number of amides is 2. The van der Waals surface area contributed by atoms with Crippen molar-refractivity contribution >= 4 is 23.7 Å². The summed E-state index contributed by atoms with van der Waals surface area (Å²) >= 11 is 0. The number of hydrogen-bond acceptors (Lipinski definition) is 5. The minimum atomic E-state index is -0.703. The lowest BCUT2D eigenvalue weighted by atomic mass is 9.85. The van der Waals surface area contributed by atoms with E-state index < -0.39 is 5.41 Å². The van der Waals surface area contributed by atoms with Gasteiger partial charge in [0.15, 0.2) is 0 Å². The van der Waals surface area contributed by atoms with Gasteiger partial charge in [-0.15, -0.1) is 0 Å². The monoisotopic (exact) mass is 429 g/mol. The Labute approximate surface area is 188 Å². The van der Waals surface area contributed by atoms with Gasteiger partial charge < -0.3 is 4.90 Å². The normalized spacial score (nSPS) is 17.5. The molecular formula is C25H27N5O2. The van der Waals surface area contributed by atoms with Crippen LogP contribution in [0.1, 0.15) is 38.6 Å². The molecule has 2 aliphatic rings. The summed E-state index contributed by atoms with van der Waals surface area (Å²) < 4.78 is 0. The van der Waals surface area contributed by atoms with E-state index in [1.165, 1.54) is 6.21 Å². The van der Waals surface area contributed by atoms with E-state index in [0.717, 1.165) is 41.9 Å². The van der Waals surface area contributed by atoms with Gasteiger partial charge in [0, 0.05) is 31.0 Å². The molecule has 2 aliphatic heterocycles. The Kier molecular flexibility index (Phi) is 5.50. The van der Waals surface area contributed by atoms with E-state index >= 15 is 0 Å². The van der Waals surface area contributed by atoms with Crippen molar-refractivity contribution < 1.29 is 9.59 Å². The van der Waals surface area contributed by atoms with Gasteiger partial charge in [-0.3, -0.25) is 14.5 Å². The zero-order chi connectivity index (χ0) is 23.0. The Hall–Kier alpha value is -3.61. The first-order valence-corrected chi connectivity index (χ1v) is 10.7. The molecule has 0 N–H and O–H groups in total. The van der Waals surface area contributed by atoms with E-state index in [0.29, 0.717) is 17.2 Å². The van der Waals surface area contributed by atoms with Gasteiger partial charge in [-0.1, -0.05) is 24.8 Å². The van der Waals surface area contributed by atoms with Crippen molar-refractivity contribution in [3.05, 3.63) is 66.0 Å². The zero-order valence-corrected chi connectivity index (χ0v) is 18.9. The summed E-state index contributed by atoms with van der Waals surface area (Å²) in [6.07, 6.45) is 7.74. The van der Waals surface area contributed by atoms with Gasteiger partial charge in [-0.2, -0.15) is 0 Å². The molecule has 0 atom stereocenters. The molecule has 7 nitrogen and oxygen atoms in total. The largest absolute Gasteiger partial charge is 0.337 e. The number of allylic oxidation sites excluding steroid dienone is 2. The highest BCUT2D eigenvalue weighted by molar-refractivity contribution is 6.14. The fourth-order valence-corrected chi connectivity index (χ4v) is 3.89. The maximum absolute atomic E-state index is 13.3. The molecule has 0 unspecified atom stereocenters. The van der Waals surface area contributed by atoms with E-state index in [1.807, 2.05) is 39.0 Å². The minimum absolute atomic E-state index is 0.0858. The van der Waals surface area contributed by atoms with E-state index in [2.05, 4.69) is 21.5 Å². The highest BCUT2D eigenvalue weighted by Gasteiger charge is 2.44. The number of benzene rings is 1. The standard InChI is InChI=1S/C25H27N5O2/c1-6-21(23(31)29-10-7-11-29)28-13-16(2)30-22-12-18(19-14-26-17(3)27-15-19)8-9-20(22)25(4,5)24(30)32/h6,8-9,12-15H,2,7,10-11H2,1,3-5H3/b21-6-,28-13-. The topological polar surface area (TPSA) is 78.8 Å². The van der Waals surface area contributed by atoms with Crippen LogP contribution < -0.4 is 4.90 Å². The lowest BCUT2D eigenvalue weighted by molar-refractivity contribution is -0.130. The van der Waals surface area contributed by atoms with Gasteiger partial charge in [-0.05, 0) is 51.3 Å². The number of fused-ring (bicyclic) bond motifs is 1. The van der Waals surface area contributed by atoms with E-state index in [4.69, 9.17) is 0 Å². The number of aliphatic imine (C=N–C) groups is 1. The number of hydrogen-bond donors (Lipinski definition) is 0. The molecule has 0 saturated carbocycles. The number of anilines is 1. The molecule has 2 aromatic rings. The molecule has 1 fully saturated rings. The predicted molar refractivity (Wildman–Crippen MR) is 125 cm³/mol. The maximum Gasteiger partial charge on any atom is 0.272 e. The number of likely N-dealkylation sites (tertiary alicyclic amines) is 1. The Morgan fingerprint density at radius 1 is 1.19 bits per heavy atom. The van der Waals surface area contributed by atoms with E-state index in [-0.39, 0.29) is 11.8 Å². The van der Waals surface area contributed by atoms with Crippen LogP contribution in [0.15, 0.2) is 59.6 Å². The van der Waals surface area contributed by atoms with Crippen molar-refractivity contribution in [2.75, 3.05) is 18.0 Å². The second-order valence-electron chi connectivity index (χ2n) is 8.59. The van der Waals surface area contributed by atoms with Gasteiger partial charge in [0.2, 0.25) is 5.91 Å². The van der Waals surface area contributed by atoms with E-state index in [1.54, 1.807) is 35.2 Å². The number of nitrogens with zero attached hydrogens (tertiary/aromatic N) is 5. The van der Waals surface area contributed by atoms with Gasteiger partial charge in [-0.25, -0.2) is 15.0 Å². The SMILES string of the molecule is C=C(/C=N\C(=C/C)C(=O)N1CCC1)N1C(=O)C(C)(C)c2ccc(-c3cnc(C)nc3)cc21. The minimum Gasteiger partial charge on any atom is -0.337 e. The van der Waals surface area contributed by atoms with Crippen LogP contribution in [0, 0.1) is 6.92 Å².